The Morgan fingerprint density at radius 1 is 1.17 bits per heavy atom. The number of methoxy groups -OCH3 is 1. The summed E-state index contributed by atoms with van der Waals surface area (Å²) in [5.41, 5.74) is 7.78. The molecule has 35 heavy (non-hydrogen) atoms. The van der Waals surface area contributed by atoms with E-state index in [0.717, 1.165) is 18.7 Å². The van der Waals surface area contributed by atoms with Crippen molar-refractivity contribution in [2.45, 2.75) is 30.8 Å². The summed E-state index contributed by atoms with van der Waals surface area (Å²) in [5.74, 6) is -1.74. The molecule has 0 aliphatic carbocycles. The van der Waals surface area contributed by atoms with Crippen molar-refractivity contribution in [2.24, 2.45) is 0 Å². The average Bonchev–Trinajstić information content (AvgIpc) is 3.30. The number of aliphatic hydroxyl groups excluding tert-OH is 1. The van der Waals surface area contributed by atoms with Crippen LogP contribution in [0.4, 0.5) is 14.6 Å². The number of hydrogen-bond donors (Lipinski definition) is 2. The van der Waals surface area contributed by atoms with E-state index in [1.807, 2.05) is 4.40 Å². The maximum atomic E-state index is 15.2. The molecule has 4 aromatic rings. The third kappa shape index (κ3) is 4.21. The van der Waals surface area contributed by atoms with Gasteiger partial charge in [-0.15, -0.1) is 0 Å². The summed E-state index contributed by atoms with van der Waals surface area (Å²) in [4.78, 5) is 9.07. The Morgan fingerprint density at radius 2 is 1.97 bits per heavy atom. The van der Waals surface area contributed by atoms with Crippen molar-refractivity contribution < 1.29 is 23.4 Å². The highest BCUT2D eigenvalue weighted by Crippen LogP contribution is 2.39. The number of hydrogen-bond acceptors (Lipinski definition) is 6. The van der Waals surface area contributed by atoms with Gasteiger partial charge in [0.15, 0.2) is 0 Å². The van der Waals surface area contributed by atoms with Crippen LogP contribution in [0.25, 0.3) is 16.8 Å². The number of alkyl halides is 2. The van der Waals surface area contributed by atoms with Gasteiger partial charge in [0.05, 0.1) is 26.4 Å². The van der Waals surface area contributed by atoms with Crippen molar-refractivity contribution >= 4 is 11.3 Å². The molecule has 2 unspecified atom stereocenters. The van der Waals surface area contributed by atoms with Crippen LogP contribution in [0.5, 0.6) is 5.75 Å². The zero-order valence-electron chi connectivity index (χ0n) is 19.2. The van der Waals surface area contributed by atoms with Crippen LogP contribution in [-0.4, -0.2) is 45.9 Å². The van der Waals surface area contributed by atoms with Gasteiger partial charge >= 0.3 is 0 Å². The SMILES string of the molecule is COc1cccc(C(F)(F)c2ccc(-c3nc(C4CCC(CO)OC4)n4ccnc(N)c34)cc2)c1. The van der Waals surface area contributed by atoms with E-state index in [4.69, 9.17) is 20.2 Å². The zero-order chi connectivity index (χ0) is 24.6. The molecule has 1 aliphatic heterocycles. The minimum Gasteiger partial charge on any atom is -0.497 e. The van der Waals surface area contributed by atoms with Crippen molar-refractivity contribution in [3.8, 4) is 17.0 Å². The smallest absolute Gasteiger partial charge is 0.298 e. The molecule has 3 heterocycles. The maximum absolute atomic E-state index is 15.2. The molecule has 0 amide bonds. The number of aromatic nitrogens is 3. The molecule has 7 nitrogen and oxygen atoms in total. The lowest BCUT2D eigenvalue weighted by Gasteiger charge is -2.27. The second-order valence-corrected chi connectivity index (χ2v) is 8.65. The minimum atomic E-state index is -3.20. The lowest BCUT2D eigenvalue weighted by Crippen LogP contribution is -2.28. The van der Waals surface area contributed by atoms with E-state index >= 15 is 8.78 Å². The van der Waals surface area contributed by atoms with Gasteiger partial charge in [-0.3, -0.25) is 4.40 Å². The van der Waals surface area contributed by atoms with Gasteiger partial charge in [-0.1, -0.05) is 36.4 Å². The van der Waals surface area contributed by atoms with Gasteiger partial charge in [-0.2, -0.15) is 8.78 Å². The molecule has 2 aromatic carbocycles. The topological polar surface area (TPSA) is 94.9 Å². The highest BCUT2D eigenvalue weighted by molar-refractivity contribution is 5.85. The summed E-state index contributed by atoms with van der Waals surface area (Å²) in [6.45, 7) is 0.418. The van der Waals surface area contributed by atoms with Crippen LogP contribution in [-0.2, 0) is 10.7 Å². The molecule has 2 aromatic heterocycles. The first-order chi connectivity index (χ1) is 16.9. The van der Waals surface area contributed by atoms with Gasteiger partial charge < -0.3 is 20.3 Å². The van der Waals surface area contributed by atoms with Crippen LogP contribution in [0, 0.1) is 0 Å². The summed E-state index contributed by atoms with van der Waals surface area (Å²) in [6, 6.07) is 12.0. The Balaban J connectivity index is 1.51. The first-order valence-corrected chi connectivity index (χ1v) is 11.4. The third-order valence-electron chi connectivity index (χ3n) is 6.50. The molecule has 9 heteroatoms. The summed E-state index contributed by atoms with van der Waals surface area (Å²) < 4.78 is 43.2. The normalized spacial score (nSPS) is 18.6. The van der Waals surface area contributed by atoms with E-state index in [1.165, 1.54) is 31.4 Å². The Bertz CT molecular complexity index is 1330. The molecule has 2 atom stereocenters. The number of ether oxygens (including phenoxy) is 2. The van der Waals surface area contributed by atoms with Gasteiger partial charge in [0.1, 0.15) is 28.6 Å². The lowest BCUT2D eigenvalue weighted by molar-refractivity contribution is -0.0282. The Kier molecular flexibility index (Phi) is 6.12. The zero-order valence-corrected chi connectivity index (χ0v) is 19.2. The maximum Gasteiger partial charge on any atom is 0.298 e. The Morgan fingerprint density at radius 3 is 2.66 bits per heavy atom. The van der Waals surface area contributed by atoms with Crippen LogP contribution in [0.3, 0.4) is 0 Å². The molecule has 182 valence electrons. The van der Waals surface area contributed by atoms with Gasteiger partial charge in [0.25, 0.3) is 5.92 Å². The van der Waals surface area contributed by atoms with Crippen molar-refractivity contribution in [3.63, 3.8) is 0 Å². The molecule has 1 saturated heterocycles. The molecule has 0 bridgehead atoms. The molecule has 0 radical (unpaired) electrons. The second kappa shape index (κ2) is 9.24. The molecular weight excluding hydrogens is 454 g/mol. The summed E-state index contributed by atoms with van der Waals surface area (Å²) >= 11 is 0. The molecule has 0 saturated carbocycles. The first kappa shape index (κ1) is 23.2. The number of benzene rings is 2. The Labute approximate surface area is 201 Å². The fourth-order valence-corrected chi connectivity index (χ4v) is 4.55. The van der Waals surface area contributed by atoms with Crippen molar-refractivity contribution in [1.29, 1.82) is 0 Å². The highest BCUT2D eigenvalue weighted by atomic mass is 19.3. The third-order valence-corrected chi connectivity index (χ3v) is 6.50. The standard InChI is InChI=1S/C26H26F2N4O3/c1-34-20-4-2-3-19(13-20)26(27,28)18-8-5-16(6-9-18)22-23-24(29)30-11-12-32(23)25(31-22)17-7-10-21(14-33)35-15-17/h2-6,8-9,11-13,17,21,33H,7,10,14-15H2,1H3,(H2,29,30). The quantitative estimate of drug-likeness (QED) is 0.425. The van der Waals surface area contributed by atoms with E-state index in [9.17, 15) is 5.11 Å². The summed E-state index contributed by atoms with van der Waals surface area (Å²) in [5, 5.41) is 9.36. The number of aliphatic hydroxyl groups is 1. The van der Waals surface area contributed by atoms with E-state index in [-0.39, 0.29) is 29.8 Å². The van der Waals surface area contributed by atoms with Crippen LogP contribution in [0.2, 0.25) is 0 Å². The van der Waals surface area contributed by atoms with E-state index in [0.29, 0.717) is 34.9 Å². The number of nitrogen functional groups attached to an aromatic ring is 1. The summed E-state index contributed by atoms with van der Waals surface area (Å²) in [6.07, 6.45) is 4.76. The average molecular weight is 481 g/mol. The second-order valence-electron chi connectivity index (χ2n) is 8.65. The molecule has 0 spiro atoms. The van der Waals surface area contributed by atoms with Gasteiger partial charge in [-0.25, -0.2) is 9.97 Å². The molecule has 3 N–H and O–H groups in total. The monoisotopic (exact) mass is 480 g/mol. The van der Waals surface area contributed by atoms with E-state index in [1.54, 1.807) is 36.7 Å². The van der Waals surface area contributed by atoms with Crippen LogP contribution in [0.1, 0.15) is 35.7 Å². The van der Waals surface area contributed by atoms with Crippen molar-refractivity contribution in [3.05, 3.63) is 77.9 Å². The fraction of sp³-hybridized carbons (Fsp3) is 0.308. The summed E-state index contributed by atoms with van der Waals surface area (Å²) in [7, 11) is 1.44. The lowest BCUT2D eigenvalue weighted by atomic mass is 9.98. The molecular formula is C26H26F2N4O3. The first-order valence-electron chi connectivity index (χ1n) is 11.4. The Hall–Kier alpha value is -3.56. The van der Waals surface area contributed by atoms with E-state index < -0.39 is 5.92 Å². The molecule has 5 rings (SSSR count). The van der Waals surface area contributed by atoms with Gasteiger partial charge in [0.2, 0.25) is 0 Å². The number of anilines is 1. The van der Waals surface area contributed by atoms with Crippen molar-refractivity contribution in [2.75, 3.05) is 26.1 Å². The number of nitrogens with zero attached hydrogens (tertiary/aromatic N) is 3. The van der Waals surface area contributed by atoms with Gasteiger partial charge in [-0.05, 0) is 25.0 Å². The van der Waals surface area contributed by atoms with E-state index in [2.05, 4.69) is 4.98 Å². The fourth-order valence-electron chi connectivity index (χ4n) is 4.55. The molecule has 1 fully saturated rings. The number of rotatable bonds is 6. The number of halogens is 2. The van der Waals surface area contributed by atoms with Gasteiger partial charge in [0, 0.05) is 35.0 Å². The van der Waals surface area contributed by atoms with Crippen LogP contribution >= 0.6 is 0 Å². The number of nitrogens with two attached hydrogens (primary N) is 1. The van der Waals surface area contributed by atoms with Crippen LogP contribution in [0.15, 0.2) is 60.9 Å². The number of imidazole rings is 1. The molecule has 1 aliphatic rings. The number of fused-ring (bicyclic) bond motifs is 1. The van der Waals surface area contributed by atoms with Crippen molar-refractivity contribution in [1.82, 2.24) is 14.4 Å². The minimum absolute atomic E-state index is 0.0100. The highest BCUT2D eigenvalue weighted by Gasteiger charge is 2.34. The van der Waals surface area contributed by atoms with Crippen LogP contribution < -0.4 is 10.5 Å². The predicted octanol–water partition coefficient (Wildman–Crippen LogP) is 4.38. The largest absolute Gasteiger partial charge is 0.497 e. The predicted molar refractivity (Wildman–Crippen MR) is 128 cm³/mol.